The van der Waals surface area contributed by atoms with Crippen LogP contribution >= 0.6 is 0 Å². The highest BCUT2D eigenvalue weighted by atomic mass is 32.2. The van der Waals surface area contributed by atoms with Gasteiger partial charge in [0.05, 0.1) is 6.20 Å². The normalized spacial score (nSPS) is 11.2. The minimum atomic E-state index is -3.23. The fourth-order valence-electron chi connectivity index (χ4n) is 0.776. The van der Waals surface area contributed by atoms with Crippen molar-refractivity contribution in [3.8, 4) is 0 Å². The maximum atomic E-state index is 11.1. The van der Waals surface area contributed by atoms with Crippen LogP contribution in [0.3, 0.4) is 0 Å². The summed E-state index contributed by atoms with van der Waals surface area (Å²) in [5.41, 5.74) is 0. The molecule has 1 heterocycles. The van der Waals surface area contributed by atoms with E-state index in [0.29, 0.717) is 5.82 Å². The topological polar surface area (TPSA) is 72.0 Å². The second-order valence-corrected chi connectivity index (χ2v) is 4.24. The Morgan fingerprint density at radius 3 is 2.58 bits per heavy atom. The van der Waals surface area contributed by atoms with Crippen LogP contribution in [0.2, 0.25) is 0 Å². The third-order valence-corrected chi connectivity index (χ3v) is 2.41. The third kappa shape index (κ3) is 1.70. The van der Waals surface area contributed by atoms with E-state index in [9.17, 15) is 8.42 Å². The van der Waals surface area contributed by atoms with E-state index in [1.54, 1.807) is 7.05 Å². The van der Waals surface area contributed by atoms with Gasteiger partial charge >= 0.3 is 0 Å². The van der Waals surface area contributed by atoms with E-state index in [1.165, 1.54) is 12.5 Å². The summed E-state index contributed by atoms with van der Waals surface area (Å²) in [5.74, 6) is 0.326. The Bertz CT molecular complexity index is 374. The molecule has 1 aromatic heterocycles. The van der Waals surface area contributed by atoms with Crippen molar-refractivity contribution in [1.82, 2.24) is 9.97 Å². The molecule has 5 nitrogen and oxygen atoms in total. The number of aromatic nitrogens is 2. The predicted molar refractivity (Wildman–Crippen MR) is 44.7 cm³/mol. The molecule has 0 aliphatic heterocycles. The van der Waals surface area contributed by atoms with Gasteiger partial charge in [0.2, 0.25) is 0 Å². The van der Waals surface area contributed by atoms with E-state index in [0.717, 1.165) is 6.26 Å². The molecule has 66 valence electrons. The summed E-state index contributed by atoms with van der Waals surface area (Å²) in [6, 6.07) is 0. The molecule has 0 spiro atoms. The van der Waals surface area contributed by atoms with Crippen molar-refractivity contribution < 1.29 is 8.42 Å². The van der Waals surface area contributed by atoms with Crippen molar-refractivity contribution in [1.29, 1.82) is 0 Å². The number of anilines is 1. The number of rotatable bonds is 2. The van der Waals surface area contributed by atoms with Crippen molar-refractivity contribution >= 4 is 15.7 Å². The Morgan fingerprint density at radius 2 is 2.17 bits per heavy atom. The zero-order valence-electron chi connectivity index (χ0n) is 6.77. The fraction of sp³-hybridized carbons (Fsp3) is 0.333. The van der Waals surface area contributed by atoms with Crippen LogP contribution in [-0.2, 0) is 9.84 Å². The molecule has 0 aliphatic rings. The highest BCUT2D eigenvalue weighted by molar-refractivity contribution is 7.90. The third-order valence-electron chi connectivity index (χ3n) is 1.31. The zero-order chi connectivity index (χ0) is 9.19. The standard InChI is InChI=1S/C6H9N3O2S/c1-7-6-5(12(2,10)11)3-8-4-9-6/h3-4H,1-2H3,(H,7,8,9). The summed E-state index contributed by atoms with van der Waals surface area (Å²) in [4.78, 5) is 7.51. The largest absolute Gasteiger partial charge is 0.372 e. The SMILES string of the molecule is CNc1ncncc1S(C)(=O)=O. The molecule has 0 aliphatic carbocycles. The first-order valence-electron chi connectivity index (χ1n) is 3.23. The fourth-order valence-corrected chi connectivity index (χ4v) is 1.53. The summed E-state index contributed by atoms with van der Waals surface area (Å²) >= 11 is 0. The lowest BCUT2D eigenvalue weighted by molar-refractivity contribution is 0.601. The van der Waals surface area contributed by atoms with Crippen molar-refractivity contribution in [3.63, 3.8) is 0 Å². The van der Waals surface area contributed by atoms with E-state index in [1.807, 2.05) is 0 Å². The number of sulfone groups is 1. The molecule has 1 aromatic rings. The van der Waals surface area contributed by atoms with Crippen LogP contribution in [0.15, 0.2) is 17.4 Å². The summed E-state index contributed by atoms with van der Waals surface area (Å²) in [5, 5.41) is 2.67. The monoisotopic (exact) mass is 187 g/mol. The molecular weight excluding hydrogens is 178 g/mol. The highest BCUT2D eigenvalue weighted by Crippen LogP contribution is 2.14. The lowest BCUT2D eigenvalue weighted by Gasteiger charge is -2.03. The summed E-state index contributed by atoms with van der Waals surface area (Å²) in [6.07, 6.45) is 3.68. The van der Waals surface area contributed by atoms with Gasteiger partial charge in [-0.15, -0.1) is 0 Å². The molecule has 0 radical (unpaired) electrons. The predicted octanol–water partition coefficient (Wildman–Crippen LogP) is -0.0782. The Labute approximate surface area is 70.8 Å². The van der Waals surface area contributed by atoms with Gasteiger partial charge in [-0.3, -0.25) is 0 Å². The molecule has 6 heteroatoms. The summed E-state index contributed by atoms with van der Waals surface area (Å²) in [6.45, 7) is 0. The lowest BCUT2D eigenvalue weighted by Crippen LogP contribution is -2.04. The Balaban J connectivity index is 3.33. The van der Waals surface area contributed by atoms with Crippen molar-refractivity contribution in [2.45, 2.75) is 4.90 Å². The molecule has 0 atom stereocenters. The average molecular weight is 187 g/mol. The zero-order valence-corrected chi connectivity index (χ0v) is 7.59. The maximum Gasteiger partial charge on any atom is 0.180 e. The first kappa shape index (κ1) is 8.92. The minimum Gasteiger partial charge on any atom is -0.372 e. The van der Waals surface area contributed by atoms with Gasteiger partial charge in [0.25, 0.3) is 0 Å². The number of nitrogens with zero attached hydrogens (tertiary/aromatic N) is 2. The second-order valence-electron chi connectivity index (χ2n) is 2.26. The number of hydrogen-bond donors (Lipinski definition) is 1. The Kier molecular flexibility index (Phi) is 2.27. The van der Waals surface area contributed by atoms with Gasteiger partial charge in [-0.25, -0.2) is 18.4 Å². The van der Waals surface area contributed by atoms with Crippen molar-refractivity contribution in [2.24, 2.45) is 0 Å². The highest BCUT2D eigenvalue weighted by Gasteiger charge is 2.12. The van der Waals surface area contributed by atoms with E-state index >= 15 is 0 Å². The van der Waals surface area contributed by atoms with Gasteiger partial charge in [0, 0.05) is 13.3 Å². The van der Waals surface area contributed by atoms with Gasteiger partial charge in [-0.2, -0.15) is 0 Å². The van der Waals surface area contributed by atoms with Crippen molar-refractivity contribution in [2.75, 3.05) is 18.6 Å². The minimum absolute atomic E-state index is 0.118. The summed E-state index contributed by atoms with van der Waals surface area (Å²) < 4.78 is 22.2. The molecule has 0 aromatic carbocycles. The molecule has 0 fully saturated rings. The molecule has 0 unspecified atom stereocenters. The average Bonchev–Trinajstić information content (AvgIpc) is 2.03. The van der Waals surface area contributed by atoms with Gasteiger partial charge in [0.15, 0.2) is 9.84 Å². The molecule has 0 bridgehead atoms. The summed E-state index contributed by atoms with van der Waals surface area (Å²) in [7, 11) is -1.62. The molecule has 1 rings (SSSR count). The number of nitrogens with one attached hydrogen (secondary N) is 1. The van der Waals surface area contributed by atoms with E-state index in [4.69, 9.17) is 0 Å². The van der Waals surface area contributed by atoms with Gasteiger partial charge in [-0.1, -0.05) is 0 Å². The van der Waals surface area contributed by atoms with Gasteiger partial charge < -0.3 is 5.32 Å². The Morgan fingerprint density at radius 1 is 1.50 bits per heavy atom. The molecule has 12 heavy (non-hydrogen) atoms. The molecule has 1 N–H and O–H groups in total. The first-order chi connectivity index (χ1) is 5.55. The van der Waals surface area contributed by atoms with Crippen LogP contribution < -0.4 is 5.32 Å². The quantitative estimate of drug-likeness (QED) is 0.701. The van der Waals surface area contributed by atoms with Crippen LogP contribution in [-0.4, -0.2) is 31.7 Å². The molecule has 0 amide bonds. The van der Waals surface area contributed by atoms with Crippen molar-refractivity contribution in [3.05, 3.63) is 12.5 Å². The molecule has 0 saturated carbocycles. The molecule has 0 saturated heterocycles. The number of hydrogen-bond acceptors (Lipinski definition) is 5. The van der Waals surface area contributed by atoms with Gasteiger partial charge in [-0.05, 0) is 0 Å². The van der Waals surface area contributed by atoms with Crippen LogP contribution in [0.4, 0.5) is 5.82 Å². The maximum absolute atomic E-state index is 11.1. The smallest absolute Gasteiger partial charge is 0.180 e. The van der Waals surface area contributed by atoms with E-state index in [2.05, 4.69) is 15.3 Å². The van der Waals surface area contributed by atoms with Gasteiger partial charge in [0.1, 0.15) is 17.0 Å². The van der Waals surface area contributed by atoms with Crippen LogP contribution in [0.1, 0.15) is 0 Å². The first-order valence-corrected chi connectivity index (χ1v) is 5.12. The van der Waals surface area contributed by atoms with Crippen LogP contribution in [0, 0.1) is 0 Å². The van der Waals surface area contributed by atoms with Crippen LogP contribution in [0.25, 0.3) is 0 Å². The molecular formula is C6H9N3O2S. The second kappa shape index (κ2) is 3.06. The van der Waals surface area contributed by atoms with Crippen LogP contribution in [0.5, 0.6) is 0 Å². The van der Waals surface area contributed by atoms with E-state index < -0.39 is 9.84 Å². The van der Waals surface area contributed by atoms with E-state index in [-0.39, 0.29) is 4.90 Å². The Hall–Kier alpha value is -1.17. The lowest BCUT2D eigenvalue weighted by atomic mass is 10.6.